The fourth-order valence-electron chi connectivity index (χ4n) is 1.38. The molecule has 112 valence electrons. The van der Waals surface area contributed by atoms with Crippen molar-refractivity contribution in [1.29, 1.82) is 0 Å². The van der Waals surface area contributed by atoms with Gasteiger partial charge in [0.05, 0.1) is 35.9 Å². The molecule has 0 radical (unpaired) electrons. The third-order valence-electron chi connectivity index (χ3n) is 2.29. The van der Waals surface area contributed by atoms with E-state index in [0.29, 0.717) is 5.75 Å². The fourth-order valence-corrected chi connectivity index (χ4v) is 3.33. The normalized spacial score (nSPS) is 11.2. The molecule has 0 amide bonds. The number of methoxy groups -OCH3 is 2. The first-order chi connectivity index (χ1) is 9.28. The van der Waals surface area contributed by atoms with Gasteiger partial charge in [-0.05, 0) is 0 Å². The van der Waals surface area contributed by atoms with E-state index in [2.05, 4.69) is 0 Å². The molecule has 0 atom stereocenters. The van der Waals surface area contributed by atoms with Gasteiger partial charge in [0.15, 0.2) is 11.5 Å². The number of sulfonamides is 1. The SMILES string of the molecule is COc1cc(SCCS(N)(=O)=O)c([N+](=O)[O-])cc1OC. The van der Waals surface area contributed by atoms with Crippen LogP contribution in [0, 0.1) is 10.1 Å². The molecule has 10 heteroatoms. The van der Waals surface area contributed by atoms with Crippen molar-refractivity contribution in [2.45, 2.75) is 4.90 Å². The van der Waals surface area contributed by atoms with Crippen LogP contribution in [0.3, 0.4) is 0 Å². The molecule has 0 spiro atoms. The van der Waals surface area contributed by atoms with Gasteiger partial charge >= 0.3 is 0 Å². The van der Waals surface area contributed by atoms with Crippen LogP contribution in [-0.4, -0.2) is 39.1 Å². The average molecular weight is 322 g/mol. The monoisotopic (exact) mass is 322 g/mol. The van der Waals surface area contributed by atoms with Crippen molar-refractivity contribution in [2.24, 2.45) is 5.14 Å². The summed E-state index contributed by atoms with van der Waals surface area (Å²) in [6.07, 6.45) is 0. The largest absolute Gasteiger partial charge is 0.493 e. The van der Waals surface area contributed by atoms with E-state index in [9.17, 15) is 18.5 Å². The molecule has 2 N–H and O–H groups in total. The zero-order valence-corrected chi connectivity index (χ0v) is 12.5. The Morgan fingerprint density at radius 3 is 2.30 bits per heavy atom. The number of rotatable bonds is 7. The van der Waals surface area contributed by atoms with Gasteiger partial charge in [0, 0.05) is 11.8 Å². The molecule has 0 unspecified atom stereocenters. The maximum absolute atomic E-state index is 11.0. The van der Waals surface area contributed by atoms with E-state index in [1.54, 1.807) is 0 Å². The lowest BCUT2D eigenvalue weighted by molar-refractivity contribution is -0.387. The number of hydrogen-bond acceptors (Lipinski definition) is 7. The summed E-state index contributed by atoms with van der Waals surface area (Å²) in [7, 11) is -0.827. The van der Waals surface area contributed by atoms with Gasteiger partial charge < -0.3 is 9.47 Å². The molecule has 0 aromatic heterocycles. The summed E-state index contributed by atoms with van der Waals surface area (Å²) in [5.41, 5.74) is -0.179. The topological polar surface area (TPSA) is 122 Å². The van der Waals surface area contributed by atoms with Crippen LogP contribution in [-0.2, 0) is 10.0 Å². The predicted molar refractivity (Wildman–Crippen MR) is 74.9 cm³/mol. The van der Waals surface area contributed by atoms with Gasteiger partial charge in [-0.1, -0.05) is 0 Å². The number of nitro groups is 1. The Bertz CT molecular complexity index is 602. The van der Waals surface area contributed by atoms with Gasteiger partial charge in [-0.3, -0.25) is 10.1 Å². The summed E-state index contributed by atoms with van der Waals surface area (Å²) in [4.78, 5) is 10.7. The minimum absolute atomic E-state index is 0.106. The van der Waals surface area contributed by atoms with Crippen LogP contribution >= 0.6 is 11.8 Å². The second-order valence-electron chi connectivity index (χ2n) is 3.65. The molecule has 20 heavy (non-hydrogen) atoms. The number of benzene rings is 1. The van der Waals surface area contributed by atoms with Crippen LogP contribution in [0.5, 0.6) is 11.5 Å². The predicted octanol–water partition coefficient (Wildman–Crippen LogP) is 0.993. The third-order valence-corrected chi connectivity index (χ3v) is 4.37. The van der Waals surface area contributed by atoms with Gasteiger partial charge in [-0.15, -0.1) is 11.8 Å². The van der Waals surface area contributed by atoms with E-state index in [0.717, 1.165) is 11.8 Å². The molecule has 0 fully saturated rings. The van der Waals surface area contributed by atoms with Gasteiger partial charge in [0.25, 0.3) is 5.69 Å². The Kier molecular flexibility index (Phi) is 5.60. The van der Waals surface area contributed by atoms with Crippen molar-refractivity contribution in [2.75, 3.05) is 25.7 Å². The molecule has 0 saturated heterocycles. The average Bonchev–Trinajstić information content (AvgIpc) is 2.36. The maximum atomic E-state index is 11.0. The van der Waals surface area contributed by atoms with Crippen molar-refractivity contribution < 1.29 is 22.8 Å². The maximum Gasteiger partial charge on any atom is 0.286 e. The zero-order valence-electron chi connectivity index (χ0n) is 10.9. The van der Waals surface area contributed by atoms with Crippen LogP contribution in [0.15, 0.2) is 17.0 Å². The van der Waals surface area contributed by atoms with Crippen molar-refractivity contribution in [1.82, 2.24) is 0 Å². The van der Waals surface area contributed by atoms with Gasteiger partial charge in [-0.2, -0.15) is 0 Å². The van der Waals surface area contributed by atoms with Crippen molar-refractivity contribution >= 4 is 27.5 Å². The highest BCUT2D eigenvalue weighted by Gasteiger charge is 2.20. The van der Waals surface area contributed by atoms with Gasteiger partial charge in [0.1, 0.15) is 0 Å². The number of nitro benzene ring substituents is 1. The first-order valence-electron chi connectivity index (χ1n) is 5.32. The molecule has 1 rings (SSSR count). The molecule has 0 aliphatic carbocycles. The molecule has 0 bridgehead atoms. The lowest BCUT2D eigenvalue weighted by atomic mass is 10.3. The molecule has 8 nitrogen and oxygen atoms in total. The number of nitrogens with zero attached hydrogens (tertiary/aromatic N) is 1. The molecular formula is C10H14N2O6S2. The summed E-state index contributed by atoms with van der Waals surface area (Å²) in [6.45, 7) is 0. The standard InChI is InChI=1S/C10H14N2O6S2/c1-17-8-5-7(12(13)14)10(6-9(8)18-2)19-3-4-20(11,15)16/h5-6H,3-4H2,1-2H3,(H2,11,15,16). The molecule has 1 aromatic carbocycles. The molecular weight excluding hydrogens is 308 g/mol. The van der Waals surface area contributed by atoms with Crippen molar-refractivity contribution in [3.8, 4) is 11.5 Å². The Balaban J connectivity index is 3.06. The van der Waals surface area contributed by atoms with Crippen molar-refractivity contribution in [3.05, 3.63) is 22.2 Å². The highest BCUT2D eigenvalue weighted by atomic mass is 32.2. The first kappa shape index (κ1) is 16.5. The molecule has 0 saturated carbocycles. The smallest absolute Gasteiger partial charge is 0.286 e. The molecule has 1 aromatic rings. The second kappa shape index (κ2) is 6.77. The number of primary sulfonamides is 1. The zero-order chi connectivity index (χ0) is 15.3. The minimum Gasteiger partial charge on any atom is -0.493 e. The number of thioether (sulfide) groups is 1. The number of ether oxygens (including phenoxy) is 2. The summed E-state index contributed by atoms with van der Waals surface area (Å²) in [5, 5.41) is 15.9. The first-order valence-corrected chi connectivity index (χ1v) is 8.02. The molecule has 0 aliphatic heterocycles. The van der Waals surface area contributed by atoms with Gasteiger partial charge in [-0.25, -0.2) is 13.6 Å². The number of nitrogens with two attached hydrogens (primary N) is 1. The Morgan fingerprint density at radius 2 is 1.85 bits per heavy atom. The van der Waals surface area contributed by atoms with Crippen LogP contribution in [0.25, 0.3) is 0 Å². The van der Waals surface area contributed by atoms with Gasteiger partial charge in [0.2, 0.25) is 10.0 Å². The second-order valence-corrected chi connectivity index (χ2v) is 6.52. The van der Waals surface area contributed by atoms with Crippen LogP contribution in [0.2, 0.25) is 0 Å². The van der Waals surface area contributed by atoms with E-state index in [1.165, 1.54) is 26.4 Å². The molecule has 0 aliphatic rings. The minimum atomic E-state index is -3.60. The quantitative estimate of drug-likeness (QED) is 0.451. The number of hydrogen-bond donors (Lipinski definition) is 1. The lowest BCUT2D eigenvalue weighted by Gasteiger charge is -2.10. The van der Waals surface area contributed by atoms with E-state index >= 15 is 0 Å². The Hall–Kier alpha value is -1.52. The third kappa shape index (κ3) is 4.54. The fraction of sp³-hybridized carbons (Fsp3) is 0.400. The summed E-state index contributed by atoms with van der Waals surface area (Å²) >= 11 is 1.01. The van der Waals surface area contributed by atoms with E-state index in [4.69, 9.17) is 14.6 Å². The van der Waals surface area contributed by atoms with E-state index in [-0.39, 0.29) is 27.8 Å². The summed E-state index contributed by atoms with van der Waals surface area (Å²) < 4.78 is 31.7. The Labute approximate surface area is 120 Å². The summed E-state index contributed by atoms with van der Waals surface area (Å²) in [5.74, 6) is 0.393. The highest BCUT2D eigenvalue weighted by molar-refractivity contribution is 8.00. The van der Waals surface area contributed by atoms with Crippen LogP contribution in [0.4, 0.5) is 5.69 Å². The summed E-state index contributed by atoms with van der Waals surface area (Å²) in [6, 6.07) is 2.67. The molecule has 0 heterocycles. The Morgan fingerprint density at radius 1 is 1.30 bits per heavy atom. The van der Waals surface area contributed by atoms with Crippen molar-refractivity contribution in [3.63, 3.8) is 0 Å². The van der Waals surface area contributed by atoms with Crippen LogP contribution < -0.4 is 14.6 Å². The van der Waals surface area contributed by atoms with E-state index in [1.807, 2.05) is 0 Å². The lowest BCUT2D eigenvalue weighted by Crippen LogP contribution is -2.17. The van der Waals surface area contributed by atoms with Crippen LogP contribution in [0.1, 0.15) is 0 Å². The highest BCUT2D eigenvalue weighted by Crippen LogP contribution is 2.39. The van der Waals surface area contributed by atoms with E-state index < -0.39 is 14.9 Å².